The molecule has 0 fully saturated rings. The number of nitrogens with zero attached hydrogens (tertiary/aromatic N) is 1. The third-order valence-electron chi connectivity index (χ3n) is 5.25. The Labute approximate surface area is 196 Å². The molecule has 9 heteroatoms. The van der Waals surface area contributed by atoms with Crippen molar-refractivity contribution < 1.29 is 22.5 Å². The Balaban J connectivity index is 2.32. The largest absolute Gasteiger partial charge is 0.477 e. The highest BCUT2D eigenvalue weighted by atomic mass is 127. The first-order valence-electron chi connectivity index (χ1n) is 9.47. The summed E-state index contributed by atoms with van der Waals surface area (Å²) in [4.78, 5) is 24.6. The second kappa shape index (κ2) is 9.54. The smallest absolute Gasteiger partial charge is 0.341 e. The van der Waals surface area contributed by atoms with E-state index >= 15 is 0 Å². The highest BCUT2D eigenvalue weighted by molar-refractivity contribution is 14.1. The van der Waals surface area contributed by atoms with Crippen LogP contribution < -0.4 is 8.50 Å². The van der Waals surface area contributed by atoms with Crippen LogP contribution in [0.4, 0.5) is 4.39 Å². The number of carbonyl (C=O) groups is 1. The lowest BCUT2D eigenvalue weighted by molar-refractivity contribution is 0.0694. The standard InChI is InChI=1S/C22H20ClFINO5/c1-11(2)18(10-27)26-9-15(22(29)30)21(28)14-7-13(19(31-25)8-17(14)26)6-12-4-3-5-16(23)20(12)24/h3-5,7-9,11,18,27H,6,10H2,1-2H3,(H,29,30)/t18-/m1/s1. The second-order valence-electron chi connectivity index (χ2n) is 7.52. The van der Waals surface area contributed by atoms with E-state index in [0.29, 0.717) is 22.4 Å². The average molecular weight is 560 g/mol. The van der Waals surface area contributed by atoms with Crippen molar-refractivity contribution in [2.45, 2.75) is 26.3 Å². The number of aliphatic hydroxyl groups excluding tert-OH is 1. The number of carboxylic acids is 1. The lowest BCUT2D eigenvalue weighted by Gasteiger charge is -2.25. The zero-order valence-corrected chi connectivity index (χ0v) is 19.6. The van der Waals surface area contributed by atoms with Crippen LogP contribution in [0.1, 0.15) is 41.4 Å². The van der Waals surface area contributed by atoms with Crippen LogP contribution in [0.3, 0.4) is 0 Å². The van der Waals surface area contributed by atoms with Gasteiger partial charge in [-0.3, -0.25) is 4.79 Å². The predicted octanol–water partition coefficient (Wildman–Crippen LogP) is 5.00. The second-order valence-corrected chi connectivity index (χ2v) is 8.37. The fourth-order valence-corrected chi connectivity index (χ4v) is 4.17. The van der Waals surface area contributed by atoms with Crippen molar-refractivity contribution in [2.24, 2.45) is 5.92 Å². The minimum Gasteiger partial charge on any atom is -0.477 e. The normalized spacial score (nSPS) is 12.4. The number of hydrogen-bond acceptors (Lipinski definition) is 4. The number of benzene rings is 2. The number of fused-ring (bicyclic) bond motifs is 1. The number of carboxylic acid groups (broad SMARTS) is 1. The molecule has 0 aliphatic heterocycles. The third kappa shape index (κ3) is 4.56. The van der Waals surface area contributed by atoms with E-state index in [1.54, 1.807) is 45.8 Å². The van der Waals surface area contributed by atoms with Gasteiger partial charge in [0.1, 0.15) is 17.1 Å². The summed E-state index contributed by atoms with van der Waals surface area (Å²) in [5.41, 5.74) is 0.164. The fraction of sp³-hybridized carbons (Fsp3) is 0.273. The maximum Gasteiger partial charge on any atom is 0.341 e. The van der Waals surface area contributed by atoms with Crippen LogP contribution >= 0.6 is 34.6 Å². The van der Waals surface area contributed by atoms with Gasteiger partial charge in [0, 0.05) is 29.6 Å². The molecule has 31 heavy (non-hydrogen) atoms. The lowest BCUT2D eigenvalue weighted by Crippen LogP contribution is -2.25. The quantitative estimate of drug-likeness (QED) is 0.398. The van der Waals surface area contributed by atoms with Crippen molar-refractivity contribution in [3.63, 3.8) is 0 Å². The van der Waals surface area contributed by atoms with Gasteiger partial charge in [-0.05, 0) is 23.6 Å². The van der Waals surface area contributed by atoms with E-state index < -0.39 is 28.8 Å². The summed E-state index contributed by atoms with van der Waals surface area (Å²) in [7, 11) is 0. The van der Waals surface area contributed by atoms with E-state index in [-0.39, 0.29) is 29.4 Å². The van der Waals surface area contributed by atoms with Gasteiger partial charge in [0.15, 0.2) is 23.0 Å². The first kappa shape index (κ1) is 23.5. The number of halogens is 3. The first-order valence-corrected chi connectivity index (χ1v) is 10.7. The molecule has 0 bridgehead atoms. The highest BCUT2D eigenvalue weighted by Crippen LogP contribution is 2.32. The molecule has 3 rings (SSSR count). The van der Waals surface area contributed by atoms with Crippen molar-refractivity contribution in [1.82, 2.24) is 4.57 Å². The molecule has 0 aliphatic rings. The molecular weight excluding hydrogens is 540 g/mol. The van der Waals surface area contributed by atoms with Crippen molar-refractivity contribution in [3.05, 3.63) is 74.3 Å². The van der Waals surface area contributed by atoms with Gasteiger partial charge >= 0.3 is 5.97 Å². The molecule has 0 amide bonds. The van der Waals surface area contributed by atoms with Crippen molar-refractivity contribution in [3.8, 4) is 5.75 Å². The molecule has 2 aromatic carbocycles. The summed E-state index contributed by atoms with van der Waals surface area (Å²) >= 11 is 7.58. The predicted molar refractivity (Wildman–Crippen MR) is 125 cm³/mol. The Kier molecular flexibility index (Phi) is 7.23. The van der Waals surface area contributed by atoms with E-state index in [1.165, 1.54) is 18.3 Å². The molecule has 3 aromatic rings. The van der Waals surface area contributed by atoms with Gasteiger partial charge in [-0.2, -0.15) is 0 Å². The zero-order chi connectivity index (χ0) is 22.9. The summed E-state index contributed by atoms with van der Waals surface area (Å²) in [5, 5.41) is 19.6. The number of aromatic nitrogens is 1. The summed E-state index contributed by atoms with van der Waals surface area (Å²) in [6.07, 6.45) is 1.34. The molecule has 0 saturated carbocycles. The Bertz CT molecular complexity index is 1210. The van der Waals surface area contributed by atoms with Crippen molar-refractivity contribution in [1.29, 1.82) is 0 Å². The molecule has 0 radical (unpaired) electrons. The maximum absolute atomic E-state index is 14.4. The Morgan fingerprint density at radius 1 is 1.29 bits per heavy atom. The van der Waals surface area contributed by atoms with E-state index in [2.05, 4.69) is 0 Å². The highest BCUT2D eigenvalue weighted by Gasteiger charge is 2.23. The molecule has 1 heterocycles. The van der Waals surface area contributed by atoms with Crippen LogP contribution in [0.25, 0.3) is 10.9 Å². The van der Waals surface area contributed by atoms with Crippen molar-refractivity contribution in [2.75, 3.05) is 6.61 Å². The van der Waals surface area contributed by atoms with Gasteiger partial charge in [0.05, 0.1) is 23.2 Å². The molecule has 1 atom stereocenters. The molecule has 2 N–H and O–H groups in total. The van der Waals surface area contributed by atoms with Gasteiger partial charge in [-0.15, -0.1) is 0 Å². The van der Waals surface area contributed by atoms with Gasteiger partial charge in [-0.1, -0.05) is 37.6 Å². The van der Waals surface area contributed by atoms with Gasteiger partial charge in [0.2, 0.25) is 5.43 Å². The van der Waals surface area contributed by atoms with Crippen molar-refractivity contribution >= 4 is 51.5 Å². The number of aliphatic hydroxyl groups is 1. The minimum absolute atomic E-state index is 0.0199. The fourth-order valence-electron chi connectivity index (χ4n) is 3.57. The molecular formula is C22H20ClFINO5. The SMILES string of the molecule is CC(C)[C@@H](CO)n1cc(C(=O)O)c(=O)c2cc(Cc3cccc(Cl)c3F)c(OI)cc21. The first-order chi connectivity index (χ1) is 14.7. The van der Waals surface area contributed by atoms with Crippen LogP contribution in [-0.2, 0) is 6.42 Å². The van der Waals surface area contributed by atoms with Gasteiger partial charge in [-0.25, -0.2) is 9.18 Å². The molecule has 1 aromatic heterocycles. The van der Waals surface area contributed by atoms with E-state index in [1.807, 2.05) is 13.8 Å². The summed E-state index contributed by atoms with van der Waals surface area (Å²) in [6, 6.07) is 7.31. The van der Waals surface area contributed by atoms with Crippen LogP contribution in [0.15, 0.2) is 41.3 Å². The van der Waals surface area contributed by atoms with Gasteiger partial charge in [0.25, 0.3) is 0 Å². The third-order valence-corrected chi connectivity index (χ3v) is 6.02. The summed E-state index contributed by atoms with van der Waals surface area (Å²) in [5.74, 6) is -1.58. The van der Waals surface area contributed by atoms with Crippen LogP contribution in [-0.4, -0.2) is 27.4 Å². The van der Waals surface area contributed by atoms with Gasteiger partial charge < -0.3 is 17.8 Å². The number of aromatic carboxylic acids is 1. The van der Waals surface area contributed by atoms with Crippen LogP contribution in [0, 0.1) is 11.7 Å². The number of pyridine rings is 1. The monoisotopic (exact) mass is 559 g/mol. The Morgan fingerprint density at radius 2 is 2.00 bits per heavy atom. The Morgan fingerprint density at radius 3 is 2.58 bits per heavy atom. The zero-order valence-electron chi connectivity index (χ0n) is 16.7. The lowest BCUT2D eigenvalue weighted by atomic mass is 9.98. The minimum atomic E-state index is -1.36. The van der Waals surface area contributed by atoms with E-state index in [4.69, 9.17) is 14.7 Å². The molecule has 0 saturated heterocycles. The summed E-state index contributed by atoms with van der Waals surface area (Å²) < 4.78 is 21.5. The number of rotatable bonds is 7. The van der Waals surface area contributed by atoms with E-state index in [0.717, 1.165) is 0 Å². The summed E-state index contributed by atoms with van der Waals surface area (Å²) in [6.45, 7) is 3.53. The molecule has 164 valence electrons. The molecule has 0 unspecified atom stereocenters. The average Bonchev–Trinajstić information content (AvgIpc) is 2.72. The van der Waals surface area contributed by atoms with Crippen LogP contribution in [0.2, 0.25) is 5.02 Å². The van der Waals surface area contributed by atoms with E-state index in [9.17, 15) is 24.2 Å². The molecule has 0 spiro atoms. The van der Waals surface area contributed by atoms with Crippen LogP contribution in [0.5, 0.6) is 5.75 Å². The maximum atomic E-state index is 14.4. The molecule has 0 aliphatic carbocycles. The Hall–Kier alpha value is -2.17. The number of hydrogen-bond donors (Lipinski definition) is 2. The topological polar surface area (TPSA) is 88.8 Å². The molecule has 6 nitrogen and oxygen atoms in total.